The highest BCUT2D eigenvalue weighted by Gasteiger charge is 2.05. The van der Waals surface area contributed by atoms with E-state index in [2.05, 4.69) is 16.0 Å². The molecule has 0 atom stereocenters. The van der Waals surface area contributed by atoms with Gasteiger partial charge in [0.2, 0.25) is 0 Å². The van der Waals surface area contributed by atoms with E-state index in [0.717, 1.165) is 27.2 Å². The van der Waals surface area contributed by atoms with E-state index in [-0.39, 0.29) is 0 Å². The van der Waals surface area contributed by atoms with Crippen molar-refractivity contribution in [2.75, 3.05) is 5.73 Å². The molecule has 3 rings (SSSR count). The molecule has 2 heterocycles. The number of ether oxygens (including phenoxy) is 1. The van der Waals surface area contributed by atoms with Crippen LogP contribution in [-0.2, 0) is 6.61 Å². The Labute approximate surface area is 114 Å². The Morgan fingerprint density at radius 2 is 2.16 bits per heavy atom. The second kappa shape index (κ2) is 4.85. The zero-order valence-corrected chi connectivity index (χ0v) is 11.3. The fourth-order valence-electron chi connectivity index (χ4n) is 1.87. The maximum absolute atomic E-state index is 5.83. The van der Waals surface area contributed by atoms with Crippen LogP contribution in [0.4, 0.5) is 5.13 Å². The van der Waals surface area contributed by atoms with Crippen LogP contribution in [0.15, 0.2) is 36.5 Å². The predicted molar refractivity (Wildman–Crippen MR) is 77.3 cm³/mol. The van der Waals surface area contributed by atoms with Crippen LogP contribution in [0.2, 0.25) is 0 Å². The molecule has 0 aliphatic carbocycles. The summed E-state index contributed by atoms with van der Waals surface area (Å²) in [6.07, 6.45) is 1.74. The molecule has 96 valence electrons. The third-order valence-electron chi connectivity index (χ3n) is 2.76. The Morgan fingerprint density at radius 1 is 1.26 bits per heavy atom. The van der Waals surface area contributed by atoms with E-state index in [1.54, 1.807) is 6.20 Å². The number of para-hydroxylation sites is 1. The third kappa shape index (κ3) is 2.51. The number of thiazole rings is 1. The number of anilines is 1. The number of nitrogens with zero attached hydrogens (tertiary/aromatic N) is 2. The summed E-state index contributed by atoms with van der Waals surface area (Å²) in [6, 6.07) is 9.97. The average molecular weight is 271 g/mol. The van der Waals surface area contributed by atoms with Gasteiger partial charge in [-0.3, -0.25) is 0 Å². The number of nitrogens with two attached hydrogens (primary N) is 1. The largest absolute Gasteiger partial charge is 0.486 e. The summed E-state index contributed by atoms with van der Waals surface area (Å²) >= 11 is 1.44. The zero-order valence-electron chi connectivity index (χ0n) is 10.5. The molecule has 0 radical (unpaired) electrons. The minimum absolute atomic E-state index is 0.462. The molecule has 2 aromatic heterocycles. The molecule has 1 aromatic carbocycles. The lowest BCUT2D eigenvalue weighted by atomic mass is 10.2. The van der Waals surface area contributed by atoms with E-state index >= 15 is 0 Å². The Morgan fingerprint density at radius 3 is 2.95 bits per heavy atom. The molecule has 0 fully saturated rings. The van der Waals surface area contributed by atoms with Gasteiger partial charge in [-0.1, -0.05) is 29.5 Å². The molecule has 5 heteroatoms. The van der Waals surface area contributed by atoms with Crippen molar-refractivity contribution >= 4 is 27.4 Å². The van der Waals surface area contributed by atoms with Crippen molar-refractivity contribution in [1.82, 2.24) is 9.97 Å². The number of pyridine rings is 1. The molecular weight excluding hydrogens is 258 g/mol. The quantitative estimate of drug-likeness (QED) is 0.795. The number of aryl methyl sites for hydroxylation is 1. The highest BCUT2D eigenvalue weighted by atomic mass is 32.1. The van der Waals surface area contributed by atoms with Gasteiger partial charge in [-0.15, -0.1) is 0 Å². The van der Waals surface area contributed by atoms with Gasteiger partial charge in [0.25, 0.3) is 0 Å². The molecule has 0 saturated heterocycles. The van der Waals surface area contributed by atoms with E-state index in [1.165, 1.54) is 11.3 Å². The molecule has 0 bridgehead atoms. The summed E-state index contributed by atoms with van der Waals surface area (Å²) in [4.78, 5) is 9.54. The lowest BCUT2D eigenvalue weighted by Gasteiger charge is -2.08. The molecule has 0 amide bonds. The Kier molecular flexibility index (Phi) is 3.05. The zero-order chi connectivity index (χ0) is 13.2. The molecule has 0 aliphatic rings. The molecule has 0 aliphatic heterocycles. The molecule has 2 N–H and O–H groups in total. The van der Waals surface area contributed by atoms with Crippen molar-refractivity contribution < 1.29 is 4.74 Å². The molecular formula is C14H13N3OS. The lowest BCUT2D eigenvalue weighted by Crippen LogP contribution is -1.95. The van der Waals surface area contributed by atoms with Gasteiger partial charge in [0.05, 0.1) is 4.88 Å². The average Bonchev–Trinajstić information content (AvgIpc) is 2.82. The number of fused-ring (bicyclic) bond motifs is 1. The van der Waals surface area contributed by atoms with E-state index in [9.17, 15) is 0 Å². The monoisotopic (exact) mass is 271 g/mol. The number of rotatable bonds is 3. The van der Waals surface area contributed by atoms with E-state index in [1.807, 2.05) is 31.2 Å². The molecule has 0 saturated carbocycles. The van der Waals surface area contributed by atoms with Crippen molar-refractivity contribution in [3.8, 4) is 5.75 Å². The van der Waals surface area contributed by atoms with E-state index in [0.29, 0.717) is 11.7 Å². The van der Waals surface area contributed by atoms with Crippen molar-refractivity contribution in [2.45, 2.75) is 13.5 Å². The summed E-state index contributed by atoms with van der Waals surface area (Å²) in [5.74, 6) is 0.785. The summed E-state index contributed by atoms with van der Waals surface area (Å²) in [5.41, 5.74) is 7.46. The van der Waals surface area contributed by atoms with Gasteiger partial charge in [0.1, 0.15) is 17.9 Å². The van der Waals surface area contributed by atoms with E-state index in [4.69, 9.17) is 10.5 Å². The molecule has 19 heavy (non-hydrogen) atoms. The van der Waals surface area contributed by atoms with Crippen LogP contribution < -0.4 is 10.5 Å². The van der Waals surface area contributed by atoms with Gasteiger partial charge >= 0.3 is 0 Å². The smallest absolute Gasteiger partial charge is 0.180 e. The highest BCUT2D eigenvalue weighted by molar-refractivity contribution is 7.15. The number of aromatic nitrogens is 2. The predicted octanol–water partition coefficient (Wildman–Crippen LogP) is 3.16. The summed E-state index contributed by atoms with van der Waals surface area (Å²) in [6.45, 7) is 2.43. The minimum atomic E-state index is 0.462. The number of nitrogen functional groups attached to an aromatic ring is 1. The van der Waals surface area contributed by atoms with Crippen LogP contribution in [0, 0.1) is 6.92 Å². The topological polar surface area (TPSA) is 61.0 Å². The van der Waals surface area contributed by atoms with Crippen LogP contribution in [0.25, 0.3) is 10.9 Å². The number of hydrogen-bond acceptors (Lipinski definition) is 5. The third-order valence-corrected chi connectivity index (χ3v) is 3.56. The van der Waals surface area contributed by atoms with E-state index < -0.39 is 0 Å². The minimum Gasteiger partial charge on any atom is -0.486 e. The highest BCUT2D eigenvalue weighted by Crippen LogP contribution is 2.25. The van der Waals surface area contributed by atoms with Gasteiger partial charge in [-0.2, -0.15) is 0 Å². The fraction of sp³-hybridized carbons (Fsp3) is 0.143. The van der Waals surface area contributed by atoms with Crippen LogP contribution in [-0.4, -0.2) is 9.97 Å². The Bertz CT molecular complexity index is 724. The van der Waals surface area contributed by atoms with Gasteiger partial charge < -0.3 is 10.5 Å². The second-order valence-corrected chi connectivity index (χ2v) is 5.38. The SMILES string of the molecule is Cc1ccc2cccc(OCc3cnc(N)s3)c2n1. The van der Waals surface area contributed by atoms with Gasteiger partial charge in [0, 0.05) is 17.3 Å². The molecule has 4 nitrogen and oxygen atoms in total. The molecule has 0 spiro atoms. The number of hydrogen-bond donors (Lipinski definition) is 1. The van der Waals surface area contributed by atoms with Crippen molar-refractivity contribution in [2.24, 2.45) is 0 Å². The van der Waals surface area contributed by atoms with Gasteiger partial charge in [-0.25, -0.2) is 9.97 Å². The van der Waals surface area contributed by atoms with Crippen molar-refractivity contribution in [3.63, 3.8) is 0 Å². The van der Waals surface area contributed by atoms with Crippen LogP contribution in [0.1, 0.15) is 10.6 Å². The second-order valence-electron chi connectivity index (χ2n) is 4.23. The van der Waals surface area contributed by atoms with Crippen molar-refractivity contribution in [1.29, 1.82) is 0 Å². The fourth-order valence-corrected chi connectivity index (χ4v) is 2.47. The maximum atomic E-state index is 5.83. The molecule has 3 aromatic rings. The Balaban J connectivity index is 1.90. The summed E-state index contributed by atoms with van der Waals surface area (Å²) in [7, 11) is 0. The summed E-state index contributed by atoms with van der Waals surface area (Å²) < 4.78 is 5.83. The molecule has 0 unspecified atom stereocenters. The van der Waals surface area contributed by atoms with Crippen LogP contribution in [0.3, 0.4) is 0 Å². The Hall–Kier alpha value is -2.14. The lowest BCUT2D eigenvalue weighted by molar-refractivity contribution is 0.313. The standard InChI is InChI=1S/C14H13N3OS/c1-9-5-6-10-3-2-4-12(13(10)17-9)18-8-11-7-16-14(15)19-11/h2-7H,8H2,1H3,(H2,15,16). The normalized spacial score (nSPS) is 10.8. The van der Waals surface area contributed by atoms with Gasteiger partial charge in [-0.05, 0) is 19.1 Å². The van der Waals surface area contributed by atoms with Crippen LogP contribution >= 0.6 is 11.3 Å². The first kappa shape index (κ1) is 11.9. The van der Waals surface area contributed by atoms with Crippen molar-refractivity contribution in [3.05, 3.63) is 47.1 Å². The van der Waals surface area contributed by atoms with Gasteiger partial charge in [0.15, 0.2) is 5.13 Å². The summed E-state index contributed by atoms with van der Waals surface area (Å²) in [5, 5.41) is 1.64. The number of benzene rings is 1. The van der Waals surface area contributed by atoms with Crippen LogP contribution in [0.5, 0.6) is 5.75 Å². The first-order chi connectivity index (χ1) is 9.22. The first-order valence-corrected chi connectivity index (χ1v) is 6.73. The maximum Gasteiger partial charge on any atom is 0.180 e. The first-order valence-electron chi connectivity index (χ1n) is 5.92.